The molecule has 1 N–H and O–H groups in total. The molecule has 0 bridgehead atoms. The summed E-state index contributed by atoms with van der Waals surface area (Å²) in [6.07, 6.45) is -1.59. The van der Waals surface area contributed by atoms with Crippen LogP contribution >= 0.6 is 0 Å². The lowest BCUT2D eigenvalue weighted by molar-refractivity contribution is 0.0172. The van der Waals surface area contributed by atoms with Crippen LogP contribution in [0.2, 0.25) is 0 Å². The zero-order valence-corrected chi connectivity index (χ0v) is 10.8. The summed E-state index contributed by atoms with van der Waals surface area (Å²) in [7, 11) is 0. The standard InChI is InChI=1S/C11H19NO5/c1-10(2,3)16-8(14)12-7(6-13)11(4,5)17-9(12)15/h7,13H,6H2,1-5H3/t7-/m0/s1. The Hall–Kier alpha value is -1.30. The number of hydrogen-bond acceptors (Lipinski definition) is 5. The second-order valence-electron chi connectivity index (χ2n) is 5.52. The number of cyclic esters (lactones) is 1. The van der Waals surface area contributed by atoms with Gasteiger partial charge in [0.05, 0.1) is 6.61 Å². The molecule has 1 fully saturated rings. The van der Waals surface area contributed by atoms with Gasteiger partial charge in [-0.3, -0.25) is 0 Å². The number of carbonyl (C=O) groups is 2. The average molecular weight is 245 g/mol. The van der Waals surface area contributed by atoms with Gasteiger partial charge >= 0.3 is 12.2 Å². The van der Waals surface area contributed by atoms with Gasteiger partial charge in [0.1, 0.15) is 17.2 Å². The molecular weight excluding hydrogens is 226 g/mol. The summed E-state index contributed by atoms with van der Waals surface area (Å²) in [4.78, 5) is 24.2. The maximum atomic E-state index is 11.8. The Morgan fingerprint density at radius 2 is 2.06 bits per heavy atom. The van der Waals surface area contributed by atoms with Gasteiger partial charge in [-0.15, -0.1) is 0 Å². The van der Waals surface area contributed by atoms with E-state index in [4.69, 9.17) is 9.47 Å². The van der Waals surface area contributed by atoms with E-state index >= 15 is 0 Å². The number of hydrogen-bond donors (Lipinski definition) is 1. The summed E-state index contributed by atoms with van der Waals surface area (Å²) >= 11 is 0. The van der Waals surface area contributed by atoms with Crippen LogP contribution in [0.3, 0.4) is 0 Å². The van der Waals surface area contributed by atoms with Crippen molar-refractivity contribution in [2.45, 2.75) is 51.9 Å². The first-order valence-electron chi connectivity index (χ1n) is 5.44. The Balaban J connectivity index is 2.89. The SMILES string of the molecule is CC(C)(C)OC(=O)N1C(=O)OC(C)(C)[C@@H]1CO. The van der Waals surface area contributed by atoms with Gasteiger partial charge in [-0.05, 0) is 34.6 Å². The zero-order valence-electron chi connectivity index (χ0n) is 10.8. The largest absolute Gasteiger partial charge is 0.443 e. The highest BCUT2D eigenvalue weighted by Crippen LogP contribution is 2.30. The third kappa shape index (κ3) is 2.88. The number of aliphatic hydroxyl groups is 1. The van der Waals surface area contributed by atoms with Crippen molar-refractivity contribution in [3.8, 4) is 0 Å². The Labute approximate surface area is 100 Å². The molecule has 0 aromatic rings. The molecule has 6 nitrogen and oxygen atoms in total. The van der Waals surface area contributed by atoms with Crippen LogP contribution in [0.1, 0.15) is 34.6 Å². The average Bonchev–Trinajstić information content (AvgIpc) is 2.31. The minimum Gasteiger partial charge on any atom is -0.443 e. The Morgan fingerprint density at radius 1 is 1.53 bits per heavy atom. The molecule has 0 aromatic carbocycles. The van der Waals surface area contributed by atoms with E-state index in [0.29, 0.717) is 0 Å². The van der Waals surface area contributed by atoms with Crippen molar-refractivity contribution >= 4 is 12.2 Å². The highest BCUT2D eigenvalue weighted by Gasteiger charge is 2.51. The maximum Gasteiger partial charge on any atom is 0.420 e. The van der Waals surface area contributed by atoms with Crippen LogP contribution in [-0.2, 0) is 9.47 Å². The van der Waals surface area contributed by atoms with Crippen molar-refractivity contribution in [3.05, 3.63) is 0 Å². The summed E-state index contributed by atoms with van der Waals surface area (Å²) in [6.45, 7) is 8.01. The van der Waals surface area contributed by atoms with Crippen LogP contribution < -0.4 is 0 Å². The van der Waals surface area contributed by atoms with Crippen LogP contribution in [0.4, 0.5) is 9.59 Å². The fourth-order valence-electron chi connectivity index (χ4n) is 1.59. The third-order valence-corrected chi connectivity index (χ3v) is 2.42. The van der Waals surface area contributed by atoms with Crippen LogP contribution in [0, 0.1) is 0 Å². The fourth-order valence-corrected chi connectivity index (χ4v) is 1.59. The highest BCUT2D eigenvalue weighted by molar-refractivity contribution is 5.90. The number of nitrogens with zero attached hydrogens (tertiary/aromatic N) is 1. The Morgan fingerprint density at radius 3 is 2.47 bits per heavy atom. The molecule has 0 saturated carbocycles. The Bertz CT molecular complexity index is 331. The second kappa shape index (κ2) is 4.18. The maximum absolute atomic E-state index is 11.8. The van der Waals surface area contributed by atoms with E-state index in [1.54, 1.807) is 34.6 Å². The molecule has 2 amide bonds. The summed E-state index contributed by atoms with van der Waals surface area (Å²) in [5.74, 6) is 0. The highest BCUT2D eigenvalue weighted by atomic mass is 16.6. The molecular formula is C11H19NO5. The first-order chi connectivity index (χ1) is 7.58. The van der Waals surface area contributed by atoms with Crippen LogP contribution in [0.15, 0.2) is 0 Å². The molecule has 0 radical (unpaired) electrons. The minimum atomic E-state index is -0.914. The summed E-state index contributed by atoms with van der Waals surface area (Å²) in [5, 5.41) is 9.26. The van der Waals surface area contributed by atoms with Gasteiger partial charge in [-0.25, -0.2) is 14.5 Å². The van der Waals surface area contributed by atoms with E-state index in [-0.39, 0.29) is 6.61 Å². The predicted molar refractivity (Wildman–Crippen MR) is 59.5 cm³/mol. The van der Waals surface area contributed by atoms with Crippen LogP contribution in [0.25, 0.3) is 0 Å². The molecule has 0 aliphatic carbocycles. The van der Waals surface area contributed by atoms with Gasteiger partial charge in [0, 0.05) is 0 Å². The smallest absolute Gasteiger partial charge is 0.420 e. The molecule has 1 aliphatic rings. The summed E-state index contributed by atoms with van der Waals surface area (Å²) in [6, 6.07) is -0.732. The number of rotatable bonds is 1. The normalized spacial score (nSPS) is 23.5. The molecule has 1 rings (SSSR count). The van der Waals surface area contributed by atoms with Crippen molar-refractivity contribution in [1.82, 2.24) is 4.90 Å². The molecule has 1 aliphatic heterocycles. The van der Waals surface area contributed by atoms with Crippen molar-refractivity contribution in [1.29, 1.82) is 0 Å². The summed E-state index contributed by atoms with van der Waals surface area (Å²) < 4.78 is 10.1. The first-order valence-corrected chi connectivity index (χ1v) is 5.44. The quantitative estimate of drug-likeness (QED) is 0.757. The topological polar surface area (TPSA) is 76.1 Å². The molecule has 0 unspecified atom stereocenters. The molecule has 1 saturated heterocycles. The number of imide groups is 1. The van der Waals surface area contributed by atoms with Crippen LogP contribution in [-0.4, -0.2) is 46.0 Å². The monoisotopic (exact) mass is 245 g/mol. The lowest BCUT2D eigenvalue weighted by atomic mass is 10.00. The number of aliphatic hydroxyl groups excluding tert-OH is 1. The molecule has 98 valence electrons. The molecule has 6 heteroatoms. The summed E-state index contributed by atoms with van der Waals surface area (Å²) in [5.41, 5.74) is -1.62. The van der Waals surface area contributed by atoms with Crippen molar-refractivity contribution < 1.29 is 24.2 Å². The molecule has 0 spiro atoms. The zero-order chi connectivity index (χ0) is 13.4. The van der Waals surface area contributed by atoms with E-state index in [1.165, 1.54) is 0 Å². The van der Waals surface area contributed by atoms with E-state index in [1.807, 2.05) is 0 Å². The van der Waals surface area contributed by atoms with Gasteiger partial charge in [0.2, 0.25) is 0 Å². The van der Waals surface area contributed by atoms with E-state index in [0.717, 1.165) is 4.90 Å². The number of amides is 2. The van der Waals surface area contributed by atoms with Crippen LogP contribution in [0.5, 0.6) is 0 Å². The molecule has 0 aromatic heterocycles. The second-order valence-corrected chi connectivity index (χ2v) is 5.52. The predicted octanol–water partition coefficient (Wildman–Crippen LogP) is 1.51. The van der Waals surface area contributed by atoms with Crippen molar-refractivity contribution in [2.24, 2.45) is 0 Å². The van der Waals surface area contributed by atoms with Gasteiger partial charge in [-0.2, -0.15) is 0 Å². The van der Waals surface area contributed by atoms with E-state index in [2.05, 4.69) is 0 Å². The van der Waals surface area contributed by atoms with Crippen molar-refractivity contribution in [2.75, 3.05) is 6.61 Å². The lowest BCUT2D eigenvalue weighted by Gasteiger charge is -2.28. The van der Waals surface area contributed by atoms with Gasteiger partial charge < -0.3 is 14.6 Å². The van der Waals surface area contributed by atoms with Gasteiger partial charge in [0.25, 0.3) is 0 Å². The molecule has 1 atom stereocenters. The number of ether oxygens (including phenoxy) is 2. The number of carbonyl (C=O) groups excluding carboxylic acids is 2. The lowest BCUT2D eigenvalue weighted by Crippen LogP contribution is -2.48. The third-order valence-electron chi connectivity index (χ3n) is 2.42. The van der Waals surface area contributed by atoms with E-state index in [9.17, 15) is 14.7 Å². The van der Waals surface area contributed by atoms with Crippen molar-refractivity contribution in [3.63, 3.8) is 0 Å². The van der Waals surface area contributed by atoms with Gasteiger partial charge in [0.15, 0.2) is 0 Å². The Kier molecular flexibility index (Phi) is 3.38. The molecule has 17 heavy (non-hydrogen) atoms. The minimum absolute atomic E-state index is 0.363. The first kappa shape index (κ1) is 13.8. The molecule has 1 heterocycles. The van der Waals surface area contributed by atoms with Gasteiger partial charge in [-0.1, -0.05) is 0 Å². The van der Waals surface area contributed by atoms with E-state index < -0.39 is 29.4 Å². The fraction of sp³-hybridized carbons (Fsp3) is 0.818.